The minimum Gasteiger partial charge on any atom is -0.462 e. The number of esters is 2. The summed E-state index contributed by atoms with van der Waals surface area (Å²) in [6.07, 6.45) is 0. The Balaban J connectivity index is 1.69. The molecule has 9 heteroatoms. The van der Waals surface area contributed by atoms with Crippen LogP contribution < -0.4 is 5.32 Å². The number of benzene rings is 1. The summed E-state index contributed by atoms with van der Waals surface area (Å²) < 4.78 is 10.2. The second kappa shape index (κ2) is 8.74. The molecule has 1 amide bonds. The maximum atomic E-state index is 12.5. The maximum Gasteiger partial charge on any atom is 0.340 e. The van der Waals surface area contributed by atoms with Gasteiger partial charge in [0.1, 0.15) is 0 Å². The highest BCUT2D eigenvalue weighted by molar-refractivity contribution is 8.00. The van der Waals surface area contributed by atoms with E-state index in [4.69, 9.17) is 9.47 Å². The minimum absolute atomic E-state index is 0.136. The fourth-order valence-electron chi connectivity index (χ4n) is 3.16. The van der Waals surface area contributed by atoms with E-state index >= 15 is 0 Å². The number of carbonyl (C=O) groups is 4. The van der Waals surface area contributed by atoms with Gasteiger partial charge >= 0.3 is 11.9 Å². The maximum absolute atomic E-state index is 12.5. The van der Waals surface area contributed by atoms with Crippen molar-refractivity contribution in [3.8, 4) is 0 Å². The van der Waals surface area contributed by atoms with Gasteiger partial charge in [0, 0.05) is 10.6 Å². The number of anilines is 1. The zero-order valence-corrected chi connectivity index (χ0v) is 17.9. The highest BCUT2D eigenvalue weighted by Gasteiger charge is 2.25. The van der Waals surface area contributed by atoms with Crippen molar-refractivity contribution in [2.45, 2.75) is 37.8 Å². The topological polar surface area (TPSA) is 115 Å². The number of aromatic amines is 1. The Morgan fingerprint density at radius 2 is 1.87 bits per heavy atom. The second-order valence-corrected chi connectivity index (χ2v) is 8.19. The van der Waals surface area contributed by atoms with Crippen LogP contribution in [0.3, 0.4) is 0 Å². The van der Waals surface area contributed by atoms with Gasteiger partial charge in [-0.25, -0.2) is 9.59 Å². The van der Waals surface area contributed by atoms with Gasteiger partial charge in [-0.2, -0.15) is 0 Å². The number of hydrogen-bond donors (Lipinski definition) is 2. The summed E-state index contributed by atoms with van der Waals surface area (Å²) in [4.78, 5) is 52.6. The van der Waals surface area contributed by atoms with E-state index in [1.165, 1.54) is 17.8 Å². The SMILES string of the molecule is CCOC(=O)c1c(C)[nH]c(C(=O)COC(=O)c2ccc3c(c2)NC(=O)[C@@H](C)S3)c1C. The molecule has 1 aromatic heterocycles. The number of Topliss-reactive ketones (excluding diaryl/α,β-unsaturated/α-hetero) is 1. The molecule has 0 bridgehead atoms. The number of ether oxygens (including phenoxy) is 2. The molecular formula is C21H22N2O6S. The van der Waals surface area contributed by atoms with Gasteiger partial charge in [0.05, 0.1) is 34.4 Å². The molecule has 1 aliphatic rings. The van der Waals surface area contributed by atoms with Gasteiger partial charge in [-0.15, -0.1) is 11.8 Å². The van der Waals surface area contributed by atoms with Crippen LogP contribution in [0.4, 0.5) is 5.69 Å². The Kier molecular flexibility index (Phi) is 6.31. The predicted octanol–water partition coefficient (Wildman–Crippen LogP) is 3.28. The molecule has 0 fully saturated rings. The van der Waals surface area contributed by atoms with Crippen molar-refractivity contribution in [3.63, 3.8) is 0 Å². The molecule has 30 heavy (non-hydrogen) atoms. The number of thioether (sulfide) groups is 1. The van der Waals surface area contributed by atoms with Crippen molar-refractivity contribution >= 4 is 41.1 Å². The molecule has 2 N–H and O–H groups in total. The van der Waals surface area contributed by atoms with Crippen LogP contribution in [0.15, 0.2) is 23.1 Å². The zero-order valence-electron chi connectivity index (χ0n) is 17.1. The summed E-state index contributed by atoms with van der Waals surface area (Å²) in [5.74, 6) is -1.79. The van der Waals surface area contributed by atoms with Gasteiger partial charge < -0.3 is 19.8 Å². The first-order valence-corrected chi connectivity index (χ1v) is 10.3. The summed E-state index contributed by atoms with van der Waals surface area (Å²) in [6, 6.07) is 4.85. The van der Waals surface area contributed by atoms with Crippen molar-refractivity contribution in [1.82, 2.24) is 4.98 Å². The Morgan fingerprint density at radius 1 is 1.13 bits per heavy atom. The lowest BCUT2D eigenvalue weighted by Gasteiger charge is -2.21. The number of nitrogens with one attached hydrogen (secondary N) is 2. The van der Waals surface area contributed by atoms with Crippen LogP contribution in [0.2, 0.25) is 0 Å². The molecule has 0 saturated carbocycles. The van der Waals surface area contributed by atoms with Crippen molar-refractivity contribution in [2.75, 3.05) is 18.5 Å². The normalized spacial score (nSPS) is 15.2. The number of hydrogen-bond acceptors (Lipinski definition) is 7. The van der Waals surface area contributed by atoms with Gasteiger partial charge in [0.2, 0.25) is 11.7 Å². The first-order chi connectivity index (χ1) is 14.2. The third kappa shape index (κ3) is 4.25. The quantitative estimate of drug-likeness (QED) is 0.534. The van der Waals surface area contributed by atoms with Crippen molar-refractivity contribution in [3.05, 3.63) is 46.3 Å². The first kappa shape index (κ1) is 21.6. The summed E-state index contributed by atoms with van der Waals surface area (Å²) in [5, 5.41) is 2.54. The van der Waals surface area contributed by atoms with E-state index in [9.17, 15) is 19.2 Å². The number of aryl methyl sites for hydroxylation is 1. The highest BCUT2D eigenvalue weighted by Crippen LogP contribution is 2.36. The molecule has 1 atom stereocenters. The monoisotopic (exact) mass is 430 g/mol. The Hall–Kier alpha value is -3.07. The Morgan fingerprint density at radius 3 is 2.57 bits per heavy atom. The molecule has 158 valence electrons. The second-order valence-electron chi connectivity index (χ2n) is 6.81. The number of amides is 1. The van der Waals surface area contributed by atoms with Gasteiger partial charge in [-0.1, -0.05) is 0 Å². The van der Waals surface area contributed by atoms with Gasteiger partial charge in [-0.3, -0.25) is 9.59 Å². The standard InChI is InChI=1S/C21H22N2O6S/c1-5-28-21(27)17-10(2)18(22-11(17)3)15(24)9-29-20(26)13-6-7-16-14(8-13)23-19(25)12(4)30-16/h6-8,12,22H,5,9H2,1-4H3,(H,23,25)/t12-/m1/s1. The average Bonchev–Trinajstić information content (AvgIpc) is 3.00. The van der Waals surface area contributed by atoms with E-state index in [2.05, 4.69) is 10.3 Å². The molecule has 1 aromatic carbocycles. The third-order valence-electron chi connectivity index (χ3n) is 4.68. The van der Waals surface area contributed by atoms with E-state index < -0.39 is 24.3 Å². The van der Waals surface area contributed by atoms with Gasteiger partial charge in [0.15, 0.2) is 6.61 Å². The van der Waals surface area contributed by atoms with Crippen molar-refractivity contribution < 1.29 is 28.7 Å². The molecule has 2 aromatic rings. The molecule has 1 aliphatic heterocycles. The molecular weight excluding hydrogens is 408 g/mol. The average molecular weight is 430 g/mol. The summed E-state index contributed by atoms with van der Waals surface area (Å²) in [6.45, 7) is 6.54. The third-order valence-corrected chi connectivity index (χ3v) is 5.85. The Labute approximate surface area is 177 Å². The van der Waals surface area contributed by atoms with Crippen LogP contribution >= 0.6 is 11.8 Å². The van der Waals surface area contributed by atoms with Gasteiger partial charge in [-0.05, 0) is 51.5 Å². The first-order valence-electron chi connectivity index (χ1n) is 9.41. The largest absolute Gasteiger partial charge is 0.462 e. The number of H-pyrrole nitrogens is 1. The Bertz CT molecular complexity index is 1040. The summed E-state index contributed by atoms with van der Waals surface area (Å²) >= 11 is 1.41. The number of aromatic nitrogens is 1. The fourth-order valence-corrected chi connectivity index (χ4v) is 4.09. The predicted molar refractivity (Wildman–Crippen MR) is 111 cm³/mol. The number of rotatable bonds is 6. The molecule has 8 nitrogen and oxygen atoms in total. The van der Waals surface area contributed by atoms with E-state index in [1.807, 2.05) is 0 Å². The van der Waals surface area contributed by atoms with Crippen LogP contribution in [-0.4, -0.2) is 47.1 Å². The van der Waals surface area contributed by atoms with Gasteiger partial charge in [0.25, 0.3) is 0 Å². The molecule has 0 spiro atoms. The van der Waals surface area contributed by atoms with Crippen LogP contribution in [0.1, 0.15) is 56.3 Å². The zero-order chi connectivity index (χ0) is 22.0. The number of carbonyl (C=O) groups excluding carboxylic acids is 4. The molecule has 0 saturated heterocycles. The van der Waals surface area contributed by atoms with E-state index in [1.54, 1.807) is 39.8 Å². The van der Waals surface area contributed by atoms with Crippen LogP contribution in [0, 0.1) is 13.8 Å². The molecule has 0 radical (unpaired) electrons. The van der Waals surface area contributed by atoms with Crippen LogP contribution in [-0.2, 0) is 14.3 Å². The van der Waals surface area contributed by atoms with Crippen LogP contribution in [0.25, 0.3) is 0 Å². The molecule has 2 heterocycles. The fraction of sp³-hybridized carbons (Fsp3) is 0.333. The minimum atomic E-state index is -0.685. The lowest BCUT2D eigenvalue weighted by molar-refractivity contribution is -0.115. The molecule has 3 rings (SSSR count). The van der Waals surface area contributed by atoms with Crippen LogP contribution in [0.5, 0.6) is 0 Å². The van der Waals surface area contributed by atoms with Crippen molar-refractivity contribution in [2.24, 2.45) is 0 Å². The van der Waals surface area contributed by atoms with E-state index in [-0.39, 0.29) is 29.0 Å². The lowest BCUT2D eigenvalue weighted by Crippen LogP contribution is -2.26. The molecule has 0 unspecified atom stereocenters. The van der Waals surface area contributed by atoms with E-state index in [0.29, 0.717) is 22.5 Å². The highest BCUT2D eigenvalue weighted by atomic mass is 32.2. The van der Waals surface area contributed by atoms with Crippen molar-refractivity contribution in [1.29, 1.82) is 0 Å². The number of fused-ring (bicyclic) bond motifs is 1. The smallest absolute Gasteiger partial charge is 0.340 e. The summed E-state index contributed by atoms with van der Waals surface area (Å²) in [5.41, 5.74) is 2.24. The summed E-state index contributed by atoms with van der Waals surface area (Å²) in [7, 11) is 0. The lowest BCUT2D eigenvalue weighted by atomic mass is 10.1. The van der Waals surface area contributed by atoms with E-state index in [0.717, 1.165) is 4.90 Å². The molecule has 0 aliphatic carbocycles. The number of ketones is 1.